The van der Waals surface area contributed by atoms with Gasteiger partial charge >= 0.3 is 0 Å². The number of nitrogens with one attached hydrogen (secondary N) is 1. The van der Waals surface area contributed by atoms with E-state index in [0.717, 1.165) is 18.6 Å². The Labute approximate surface area is 119 Å². The van der Waals surface area contributed by atoms with Gasteiger partial charge in [-0.25, -0.2) is 0 Å². The van der Waals surface area contributed by atoms with Crippen molar-refractivity contribution in [1.82, 2.24) is 15.1 Å². The van der Waals surface area contributed by atoms with Crippen LogP contribution < -0.4 is 5.32 Å². The minimum Gasteiger partial charge on any atom is -0.314 e. The highest BCUT2D eigenvalue weighted by molar-refractivity contribution is 4.99. The van der Waals surface area contributed by atoms with Crippen LogP contribution in [0.15, 0.2) is 0 Å². The molecule has 0 atom stereocenters. The molecule has 0 aliphatic heterocycles. The molecule has 0 bridgehead atoms. The highest BCUT2D eigenvalue weighted by atomic mass is 15.2. The van der Waals surface area contributed by atoms with Crippen molar-refractivity contribution in [3.05, 3.63) is 0 Å². The van der Waals surface area contributed by atoms with Crippen LogP contribution in [-0.2, 0) is 0 Å². The molecule has 0 saturated heterocycles. The molecule has 0 aromatic rings. The first kappa shape index (κ1) is 15.3. The predicted molar refractivity (Wildman–Crippen MR) is 82.6 cm³/mol. The standard InChI is InChI=1S/C16H33N3/c1-5-17-14-7-9-15(10-8-14)19(4)13-16(18(2)3)11-6-12-16/h14-15,17H,5-13H2,1-4H3. The summed E-state index contributed by atoms with van der Waals surface area (Å²) < 4.78 is 0. The Balaban J connectivity index is 1.79. The van der Waals surface area contributed by atoms with E-state index in [1.54, 1.807) is 0 Å². The summed E-state index contributed by atoms with van der Waals surface area (Å²) in [6.07, 6.45) is 9.65. The topological polar surface area (TPSA) is 18.5 Å². The van der Waals surface area contributed by atoms with Gasteiger partial charge in [0.25, 0.3) is 0 Å². The first-order valence-electron chi connectivity index (χ1n) is 8.18. The summed E-state index contributed by atoms with van der Waals surface area (Å²) in [6.45, 7) is 4.60. The molecule has 0 spiro atoms. The Hall–Kier alpha value is -0.120. The minimum atomic E-state index is 0.479. The Bertz CT molecular complexity index is 265. The van der Waals surface area contributed by atoms with Crippen LogP contribution in [0.3, 0.4) is 0 Å². The van der Waals surface area contributed by atoms with Gasteiger partial charge in [-0.05, 0) is 72.6 Å². The third-order valence-electron chi connectivity index (χ3n) is 5.59. The van der Waals surface area contributed by atoms with Gasteiger partial charge in [0.2, 0.25) is 0 Å². The average Bonchev–Trinajstić information content (AvgIpc) is 2.34. The molecule has 2 rings (SSSR count). The Morgan fingerprint density at radius 1 is 1.05 bits per heavy atom. The fourth-order valence-electron chi connectivity index (χ4n) is 3.93. The van der Waals surface area contributed by atoms with Crippen molar-refractivity contribution in [3.63, 3.8) is 0 Å². The molecule has 3 nitrogen and oxygen atoms in total. The van der Waals surface area contributed by atoms with Crippen molar-refractivity contribution in [3.8, 4) is 0 Å². The van der Waals surface area contributed by atoms with Gasteiger partial charge in [-0.3, -0.25) is 0 Å². The molecule has 0 aromatic carbocycles. The largest absolute Gasteiger partial charge is 0.314 e. The van der Waals surface area contributed by atoms with Crippen LogP contribution in [0.2, 0.25) is 0 Å². The molecule has 0 radical (unpaired) electrons. The van der Waals surface area contributed by atoms with E-state index in [0.29, 0.717) is 5.54 Å². The predicted octanol–water partition coefficient (Wildman–Crippen LogP) is 2.32. The van der Waals surface area contributed by atoms with Crippen LogP contribution >= 0.6 is 0 Å². The zero-order valence-corrected chi connectivity index (χ0v) is 13.4. The van der Waals surface area contributed by atoms with Crippen LogP contribution in [0.1, 0.15) is 51.9 Å². The quantitative estimate of drug-likeness (QED) is 0.797. The van der Waals surface area contributed by atoms with E-state index in [4.69, 9.17) is 0 Å². The third kappa shape index (κ3) is 3.50. The molecule has 19 heavy (non-hydrogen) atoms. The van der Waals surface area contributed by atoms with E-state index in [-0.39, 0.29) is 0 Å². The summed E-state index contributed by atoms with van der Waals surface area (Å²) in [7, 11) is 6.87. The minimum absolute atomic E-state index is 0.479. The Morgan fingerprint density at radius 2 is 1.68 bits per heavy atom. The van der Waals surface area contributed by atoms with Crippen molar-refractivity contribution >= 4 is 0 Å². The van der Waals surface area contributed by atoms with E-state index < -0.39 is 0 Å². The van der Waals surface area contributed by atoms with E-state index in [2.05, 4.69) is 43.2 Å². The van der Waals surface area contributed by atoms with Gasteiger partial charge < -0.3 is 15.1 Å². The van der Waals surface area contributed by atoms with E-state index in [1.165, 1.54) is 51.5 Å². The molecule has 112 valence electrons. The summed E-state index contributed by atoms with van der Waals surface area (Å²) in [5.41, 5.74) is 0.479. The number of hydrogen-bond donors (Lipinski definition) is 1. The van der Waals surface area contributed by atoms with Crippen molar-refractivity contribution in [1.29, 1.82) is 0 Å². The van der Waals surface area contributed by atoms with Crippen molar-refractivity contribution in [2.24, 2.45) is 0 Å². The number of likely N-dealkylation sites (N-methyl/N-ethyl adjacent to an activating group) is 2. The molecule has 2 aliphatic carbocycles. The Kier molecular flexibility index (Phi) is 5.27. The first-order valence-corrected chi connectivity index (χ1v) is 8.18. The van der Waals surface area contributed by atoms with E-state index in [1.807, 2.05) is 0 Å². The molecule has 2 saturated carbocycles. The summed E-state index contributed by atoms with van der Waals surface area (Å²) in [6, 6.07) is 1.59. The number of rotatable bonds is 6. The smallest absolute Gasteiger partial charge is 0.0330 e. The lowest BCUT2D eigenvalue weighted by molar-refractivity contribution is 0.00991. The molecule has 2 fully saturated rings. The number of hydrogen-bond acceptors (Lipinski definition) is 3. The normalized spacial score (nSPS) is 30.6. The van der Waals surface area contributed by atoms with E-state index >= 15 is 0 Å². The fourth-order valence-corrected chi connectivity index (χ4v) is 3.93. The van der Waals surface area contributed by atoms with E-state index in [9.17, 15) is 0 Å². The van der Waals surface area contributed by atoms with Crippen molar-refractivity contribution in [2.45, 2.75) is 69.5 Å². The molecule has 0 unspecified atom stereocenters. The monoisotopic (exact) mass is 267 g/mol. The summed E-state index contributed by atoms with van der Waals surface area (Å²) in [5, 5.41) is 3.61. The highest BCUT2D eigenvalue weighted by Gasteiger charge is 2.41. The van der Waals surface area contributed by atoms with Crippen LogP contribution in [0.25, 0.3) is 0 Å². The maximum atomic E-state index is 3.61. The van der Waals surface area contributed by atoms with Gasteiger partial charge in [-0.15, -0.1) is 0 Å². The van der Waals surface area contributed by atoms with Crippen molar-refractivity contribution < 1.29 is 0 Å². The van der Waals surface area contributed by atoms with Crippen LogP contribution in [0.5, 0.6) is 0 Å². The lowest BCUT2D eigenvalue weighted by atomic mass is 9.75. The third-order valence-corrected chi connectivity index (χ3v) is 5.59. The Morgan fingerprint density at radius 3 is 2.11 bits per heavy atom. The SMILES string of the molecule is CCNC1CCC(N(C)CC2(N(C)C)CCC2)CC1. The van der Waals surface area contributed by atoms with Gasteiger partial charge in [0.1, 0.15) is 0 Å². The van der Waals surface area contributed by atoms with Gasteiger partial charge in [-0.2, -0.15) is 0 Å². The molecule has 1 N–H and O–H groups in total. The average molecular weight is 267 g/mol. The second kappa shape index (κ2) is 6.55. The maximum absolute atomic E-state index is 3.61. The van der Waals surface area contributed by atoms with Crippen LogP contribution in [0.4, 0.5) is 0 Å². The zero-order chi connectivity index (χ0) is 13.9. The molecule has 2 aliphatic rings. The van der Waals surface area contributed by atoms with Gasteiger partial charge in [0.05, 0.1) is 0 Å². The van der Waals surface area contributed by atoms with Gasteiger partial charge in [-0.1, -0.05) is 6.92 Å². The maximum Gasteiger partial charge on any atom is 0.0330 e. The van der Waals surface area contributed by atoms with Crippen molar-refractivity contribution in [2.75, 3.05) is 34.2 Å². The summed E-state index contributed by atoms with van der Waals surface area (Å²) in [4.78, 5) is 5.12. The summed E-state index contributed by atoms with van der Waals surface area (Å²) >= 11 is 0. The second-order valence-electron chi connectivity index (χ2n) is 6.95. The van der Waals surface area contributed by atoms with Gasteiger partial charge in [0, 0.05) is 24.2 Å². The summed E-state index contributed by atoms with van der Waals surface area (Å²) in [5.74, 6) is 0. The lowest BCUT2D eigenvalue weighted by Gasteiger charge is -2.51. The number of nitrogens with zero attached hydrogens (tertiary/aromatic N) is 2. The first-order chi connectivity index (χ1) is 9.07. The zero-order valence-electron chi connectivity index (χ0n) is 13.4. The fraction of sp³-hybridized carbons (Fsp3) is 1.00. The molecular weight excluding hydrogens is 234 g/mol. The molecular formula is C16H33N3. The molecule has 0 aromatic heterocycles. The molecule has 0 amide bonds. The highest BCUT2D eigenvalue weighted by Crippen LogP contribution is 2.37. The van der Waals surface area contributed by atoms with Gasteiger partial charge in [0.15, 0.2) is 0 Å². The second-order valence-corrected chi connectivity index (χ2v) is 6.95. The van der Waals surface area contributed by atoms with Crippen LogP contribution in [0, 0.1) is 0 Å². The van der Waals surface area contributed by atoms with Crippen LogP contribution in [-0.4, -0.2) is 61.7 Å². The molecule has 0 heterocycles. The lowest BCUT2D eigenvalue weighted by Crippen LogP contribution is -2.58. The molecule has 3 heteroatoms.